The van der Waals surface area contributed by atoms with Gasteiger partial charge >= 0.3 is 5.69 Å². The number of nitrogens with one attached hydrogen (secondary N) is 2. The van der Waals surface area contributed by atoms with E-state index in [1.54, 1.807) is 32.8 Å². The number of nitrogens with zero attached hydrogens (tertiary/aromatic N) is 3. The molecule has 0 aliphatic carbocycles. The first-order valence-corrected chi connectivity index (χ1v) is 14.5. The fourth-order valence-corrected chi connectivity index (χ4v) is 5.36. The minimum Gasteiger partial charge on any atom is -0.394 e. The number of carbonyl (C=O) groups excluding carboxylic acids is 2. The van der Waals surface area contributed by atoms with E-state index in [2.05, 4.69) is 15.6 Å². The van der Waals surface area contributed by atoms with Crippen molar-refractivity contribution < 1.29 is 44.2 Å². The molecule has 2 aromatic rings. The quantitative estimate of drug-likeness (QED) is 0.168. The van der Waals surface area contributed by atoms with Crippen LogP contribution in [0.15, 0.2) is 41.3 Å². The Bertz CT molecular complexity index is 1390. The summed E-state index contributed by atoms with van der Waals surface area (Å²) < 4.78 is 18.9. The molecule has 2 aliphatic rings. The number of nitrogens with two attached hydrogens (primary N) is 1. The zero-order chi connectivity index (χ0) is 33.2. The Morgan fingerprint density at radius 3 is 2.33 bits per heavy atom. The van der Waals surface area contributed by atoms with E-state index in [-0.39, 0.29) is 17.8 Å². The summed E-state index contributed by atoms with van der Waals surface area (Å²) in [4.78, 5) is 43.4. The van der Waals surface area contributed by atoms with Crippen LogP contribution in [0, 0.1) is 0 Å². The average Bonchev–Trinajstić information content (AvgIpc) is 2.97. The zero-order valence-electron chi connectivity index (χ0n) is 25.7. The molecule has 2 saturated heterocycles. The van der Waals surface area contributed by atoms with Crippen molar-refractivity contribution in [1.29, 1.82) is 0 Å². The number of anilines is 2. The van der Waals surface area contributed by atoms with Crippen LogP contribution in [0.4, 0.5) is 11.5 Å². The van der Waals surface area contributed by atoms with Gasteiger partial charge < -0.3 is 55.9 Å². The first kappa shape index (κ1) is 34.6. The van der Waals surface area contributed by atoms with Gasteiger partial charge in [0.2, 0.25) is 5.91 Å². The lowest BCUT2D eigenvalue weighted by atomic mass is 9.95. The molecule has 1 aromatic heterocycles. The van der Waals surface area contributed by atoms with Gasteiger partial charge in [0.1, 0.15) is 35.9 Å². The first-order chi connectivity index (χ1) is 21.1. The second-order valence-electron chi connectivity index (χ2n) is 11.9. The van der Waals surface area contributed by atoms with Crippen molar-refractivity contribution in [3.8, 4) is 0 Å². The molecule has 16 nitrogen and oxygen atoms in total. The van der Waals surface area contributed by atoms with Gasteiger partial charge in [-0.3, -0.25) is 14.2 Å². The van der Waals surface area contributed by atoms with Crippen molar-refractivity contribution in [2.45, 2.75) is 87.9 Å². The number of ether oxygens (including phenoxy) is 3. The van der Waals surface area contributed by atoms with Gasteiger partial charge in [-0.1, -0.05) is 0 Å². The Hall–Kier alpha value is -3.32. The lowest BCUT2D eigenvalue weighted by molar-refractivity contribution is -0.322. The minimum absolute atomic E-state index is 0.0155. The van der Waals surface area contributed by atoms with Crippen LogP contribution in [-0.2, 0) is 19.0 Å². The number of likely N-dealkylation sites (N-methyl/N-ethyl adjacent to an activating group) is 1. The van der Waals surface area contributed by atoms with Crippen molar-refractivity contribution in [3.05, 3.63) is 52.6 Å². The molecule has 0 saturated carbocycles. The molecule has 0 unspecified atom stereocenters. The normalized spacial score (nSPS) is 31.7. The summed E-state index contributed by atoms with van der Waals surface area (Å²) >= 11 is 0. The predicted molar refractivity (Wildman–Crippen MR) is 160 cm³/mol. The van der Waals surface area contributed by atoms with Crippen LogP contribution in [0.1, 0.15) is 43.8 Å². The fraction of sp³-hybridized carbons (Fsp3) is 0.586. The van der Waals surface area contributed by atoms with Crippen LogP contribution in [0.25, 0.3) is 0 Å². The molecule has 10 atom stereocenters. The minimum atomic E-state index is -1.47. The van der Waals surface area contributed by atoms with E-state index in [9.17, 15) is 34.8 Å². The van der Waals surface area contributed by atoms with E-state index >= 15 is 0 Å². The molecule has 248 valence electrons. The number of carbonyl (C=O) groups is 2. The summed E-state index contributed by atoms with van der Waals surface area (Å²) in [6, 6.07) is 6.83. The smallest absolute Gasteiger partial charge is 0.351 e. The summed E-state index contributed by atoms with van der Waals surface area (Å²) in [6.45, 7) is 4.23. The number of hydrogen-bond donors (Lipinski definition) is 7. The number of rotatable bonds is 9. The summed E-state index contributed by atoms with van der Waals surface area (Å²) in [5.74, 6) is -1.17. The highest BCUT2D eigenvalue weighted by Gasteiger charge is 2.47. The van der Waals surface area contributed by atoms with Gasteiger partial charge in [-0.2, -0.15) is 4.98 Å². The van der Waals surface area contributed by atoms with Gasteiger partial charge in [0.15, 0.2) is 6.29 Å². The monoisotopic (exact) mass is 634 g/mol. The molecule has 2 fully saturated rings. The molecule has 3 heterocycles. The SMILES string of the molecule is C[C@@H]1O[C@@H](O[C@H]2[C@H](O)C[C@@H](n3ccc(NC(=O)c4ccc(NC(=O)[C@@](C)(N)CO)cc4)nc3=O)O[C@@H]2C)[C@@H](O)[C@H](O)[C@H]1N(C)C. The zero-order valence-corrected chi connectivity index (χ0v) is 25.7. The average molecular weight is 635 g/mol. The van der Waals surface area contributed by atoms with Crippen LogP contribution >= 0.6 is 0 Å². The molecule has 45 heavy (non-hydrogen) atoms. The molecule has 4 rings (SSSR count). The number of aliphatic hydroxyl groups is 4. The van der Waals surface area contributed by atoms with Crippen molar-refractivity contribution >= 4 is 23.3 Å². The van der Waals surface area contributed by atoms with Crippen LogP contribution in [0.5, 0.6) is 0 Å². The van der Waals surface area contributed by atoms with E-state index in [4.69, 9.17) is 19.9 Å². The number of benzene rings is 1. The molecule has 16 heteroatoms. The molecule has 8 N–H and O–H groups in total. The Labute approximate surface area is 259 Å². The van der Waals surface area contributed by atoms with Gasteiger partial charge in [0.25, 0.3) is 5.91 Å². The highest BCUT2D eigenvalue weighted by Crippen LogP contribution is 2.32. The van der Waals surface area contributed by atoms with Crippen molar-refractivity contribution in [2.24, 2.45) is 5.73 Å². The van der Waals surface area contributed by atoms with Gasteiger partial charge in [-0.25, -0.2) is 4.79 Å². The van der Waals surface area contributed by atoms with Crippen molar-refractivity contribution in [1.82, 2.24) is 14.5 Å². The number of hydrogen-bond acceptors (Lipinski definition) is 13. The largest absolute Gasteiger partial charge is 0.394 e. The third kappa shape index (κ3) is 7.74. The third-order valence-corrected chi connectivity index (χ3v) is 7.99. The maximum absolute atomic E-state index is 12.9. The number of amides is 2. The van der Waals surface area contributed by atoms with Gasteiger partial charge in [-0.15, -0.1) is 0 Å². The standard InChI is InChI=1S/C29H42N6O10/c1-14-21(34(4)5)22(38)23(39)26(44-14)45-24-15(2)43-20(12-18(24)37)35-11-10-19(33-28(35)42)32-25(40)16-6-8-17(9-7-16)31-27(41)29(3,30)13-36/h6-11,14-15,18,20-24,26,36-39H,12-13,30H2,1-5H3,(H,31,41)(H,32,33,40,42)/t14-,15+,18+,20-,21-,22+,23-,24+,26-,29-/m0/s1. The third-order valence-electron chi connectivity index (χ3n) is 7.99. The molecular formula is C29H42N6O10. The molecule has 0 radical (unpaired) electrons. The molecule has 1 aromatic carbocycles. The summed E-state index contributed by atoms with van der Waals surface area (Å²) in [5.41, 5.74) is 4.10. The van der Waals surface area contributed by atoms with Gasteiger partial charge in [-0.05, 0) is 65.2 Å². The molecule has 0 spiro atoms. The summed E-state index contributed by atoms with van der Waals surface area (Å²) in [7, 11) is 3.53. The Balaban J connectivity index is 1.36. The predicted octanol–water partition coefficient (Wildman–Crippen LogP) is -1.41. The van der Waals surface area contributed by atoms with E-state index in [0.29, 0.717) is 5.69 Å². The molecular weight excluding hydrogens is 592 g/mol. The van der Waals surface area contributed by atoms with E-state index in [1.165, 1.54) is 48.0 Å². The van der Waals surface area contributed by atoms with Crippen LogP contribution in [0.3, 0.4) is 0 Å². The van der Waals surface area contributed by atoms with Crippen LogP contribution < -0.4 is 22.1 Å². The molecule has 0 bridgehead atoms. The van der Waals surface area contributed by atoms with E-state index in [1.807, 2.05) is 0 Å². The Morgan fingerprint density at radius 1 is 1.09 bits per heavy atom. The highest BCUT2D eigenvalue weighted by molar-refractivity contribution is 6.04. The second-order valence-corrected chi connectivity index (χ2v) is 11.9. The Kier molecular flexibility index (Phi) is 10.7. The lowest BCUT2D eigenvalue weighted by Gasteiger charge is -2.46. The Morgan fingerprint density at radius 2 is 1.76 bits per heavy atom. The number of aromatic nitrogens is 2. The number of aliphatic hydroxyl groups excluding tert-OH is 4. The van der Waals surface area contributed by atoms with E-state index < -0.39 is 84.8 Å². The van der Waals surface area contributed by atoms with E-state index in [0.717, 1.165) is 0 Å². The maximum atomic E-state index is 12.9. The van der Waals surface area contributed by atoms with Crippen molar-refractivity contribution in [3.63, 3.8) is 0 Å². The maximum Gasteiger partial charge on any atom is 0.351 e. The highest BCUT2D eigenvalue weighted by atomic mass is 16.7. The second kappa shape index (κ2) is 14.0. The lowest BCUT2D eigenvalue weighted by Crippen LogP contribution is -2.63. The van der Waals surface area contributed by atoms with Crippen LogP contribution in [-0.4, -0.2) is 122 Å². The fourth-order valence-electron chi connectivity index (χ4n) is 5.36. The molecule has 2 amide bonds. The first-order valence-electron chi connectivity index (χ1n) is 14.5. The summed E-state index contributed by atoms with van der Waals surface area (Å²) in [6.07, 6.45) is -6.52. The van der Waals surface area contributed by atoms with Gasteiger partial charge in [0, 0.05) is 23.9 Å². The van der Waals surface area contributed by atoms with Crippen molar-refractivity contribution in [2.75, 3.05) is 31.3 Å². The topological polar surface area (TPSA) is 231 Å². The summed E-state index contributed by atoms with van der Waals surface area (Å²) in [5, 5.41) is 46.5. The van der Waals surface area contributed by atoms with Crippen LogP contribution in [0.2, 0.25) is 0 Å². The van der Waals surface area contributed by atoms with Gasteiger partial charge in [0.05, 0.1) is 31.0 Å². The molecule has 2 aliphatic heterocycles.